The topological polar surface area (TPSA) is 29.1 Å². The van der Waals surface area contributed by atoms with E-state index in [0.29, 0.717) is 18.2 Å². The molecule has 0 radical (unpaired) electrons. The summed E-state index contributed by atoms with van der Waals surface area (Å²) in [5, 5.41) is 3.05. The molecule has 2 heteroatoms. The molecular weight excluding hydrogens is 138 g/mol. The van der Waals surface area contributed by atoms with Crippen molar-refractivity contribution in [3.63, 3.8) is 0 Å². The summed E-state index contributed by atoms with van der Waals surface area (Å²) in [6.45, 7) is 5.70. The molecular formula is C9H17NO. The number of hydrogen-bond donors (Lipinski definition) is 1. The van der Waals surface area contributed by atoms with Gasteiger partial charge in [0.2, 0.25) is 0 Å². The molecule has 2 nitrogen and oxygen atoms in total. The summed E-state index contributed by atoms with van der Waals surface area (Å²) in [5.41, 5.74) is 0. The maximum Gasteiger partial charge on any atom is 0.146 e. The molecule has 1 aliphatic rings. The van der Waals surface area contributed by atoms with Gasteiger partial charge in [0.25, 0.3) is 0 Å². The van der Waals surface area contributed by atoms with Crippen LogP contribution in [0.1, 0.15) is 26.7 Å². The fourth-order valence-corrected chi connectivity index (χ4v) is 1.31. The second-order valence-electron chi connectivity index (χ2n) is 3.50. The summed E-state index contributed by atoms with van der Waals surface area (Å²) in [4.78, 5) is 11.1. The van der Waals surface area contributed by atoms with Crippen molar-refractivity contribution >= 4 is 5.78 Å². The molecule has 0 bridgehead atoms. The Hall–Kier alpha value is -0.370. The maximum atomic E-state index is 11.1. The van der Waals surface area contributed by atoms with E-state index in [-0.39, 0.29) is 0 Å². The predicted molar refractivity (Wildman–Crippen MR) is 45.4 cm³/mol. The van der Waals surface area contributed by atoms with E-state index in [0.717, 1.165) is 18.9 Å². The monoisotopic (exact) mass is 155 g/mol. The fraction of sp³-hybridized carbons (Fsp3) is 0.889. The molecule has 0 spiro atoms. The molecule has 0 heterocycles. The fourth-order valence-electron chi connectivity index (χ4n) is 1.31. The number of rotatable bonds is 5. The number of likely N-dealkylation sites (N-methyl/N-ethyl adjacent to an activating group) is 1. The van der Waals surface area contributed by atoms with Gasteiger partial charge in [-0.3, -0.25) is 4.79 Å². The van der Waals surface area contributed by atoms with Crippen LogP contribution >= 0.6 is 0 Å². The van der Waals surface area contributed by atoms with Crippen molar-refractivity contribution in [1.29, 1.82) is 0 Å². The summed E-state index contributed by atoms with van der Waals surface area (Å²) in [6, 6.07) is 0. The Kier molecular flexibility index (Phi) is 3.06. The van der Waals surface area contributed by atoms with E-state index in [1.54, 1.807) is 0 Å². The van der Waals surface area contributed by atoms with E-state index < -0.39 is 0 Å². The standard InChI is InChI=1S/C9H17NO/c1-3-10-6-9(11)5-8-4-7(8)2/h7-8,10H,3-6H2,1-2H3. The number of Topliss-reactive ketones (excluding diaryl/α,β-unsaturated/α-hetero) is 1. The molecule has 1 saturated carbocycles. The average Bonchev–Trinajstić information content (AvgIpc) is 2.62. The summed E-state index contributed by atoms with van der Waals surface area (Å²) >= 11 is 0. The number of carbonyl (C=O) groups is 1. The average molecular weight is 155 g/mol. The van der Waals surface area contributed by atoms with E-state index in [1.165, 1.54) is 6.42 Å². The maximum absolute atomic E-state index is 11.1. The van der Waals surface area contributed by atoms with Crippen LogP contribution in [0.25, 0.3) is 0 Å². The van der Waals surface area contributed by atoms with Crippen LogP contribution in [0.5, 0.6) is 0 Å². The normalized spacial score (nSPS) is 28.5. The smallest absolute Gasteiger partial charge is 0.146 e. The Morgan fingerprint density at radius 1 is 1.64 bits per heavy atom. The van der Waals surface area contributed by atoms with Gasteiger partial charge in [0, 0.05) is 6.42 Å². The zero-order valence-electron chi connectivity index (χ0n) is 7.39. The Balaban J connectivity index is 2.02. The SMILES string of the molecule is CCNCC(=O)CC1CC1C. The molecule has 0 aromatic rings. The van der Waals surface area contributed by atoms with Crippen LogP contribution in [0.4, 0.5) is 0 Å². The first-order valence-electron chi connectivity index (χ1n) is 4.46. The molecule has 0 aromatic heterocycles. The van der Waals surface area contributed by atoms with Crippen molar-refractivity contribution in [3.8, 4) is 0 Å². The molecule has 1 fully saturated rings. The highest BCUT2D eigenvalue weighted by Crippen LogP contribution is 2.40. The van der Waals surface area contributed by atoms with Crippen LogP contribution in [0, 0.1) is 11.8 Å². The first-order valence-corrected chi connectivity index (χ1v) is 4.46. The Morgan fingerprint density at radius 2 is 2.27 bits per heavy atom. The molecule has 11 heavy (non-hydrogen) atoms. The second kappa shape index (κ2) is 3.86. The molecule has 1 N–H and O–H groups in total. The molecule has 64 valence electrons. The van der Waals surface area contributed by atoms with Gasteiger partial charge in [-0.25, -0.2) is 0 Å². The van der Waals surface area contributed by atoms with Gasteiger partial charge in [-0.05, 0) is 24.8 Å². The molecule has 2 unspecified atom stereocenters. The van der Waals surface area contributed by atoms with Gasteiger partial charge in [-0.2, -0.15) is 0 Å². The van der Waals surface area contributed by atoms with Crippen LogP contribution < -0.4 is 5.32 Å². The summed E-state index contributed by atoms with van der Waals surface area (Å²) in [7, 11) is 0. The highest BCUT2D eigenvalue weighted by molar-refractivity contribution is 5.80. The second-order valence-corrected chi connectivity index (χ2v) is 3.50. The third-order valence-electron chi connectivity index (χ3n) is 2.34. The van der Waals surface area contributed by atoms with Crippen LogP contribution in [0.15, 0.2) is 0 Å². The van der Waals surface area contributed by atoms with Gasteiger partial charge in [0.05, 0.1) is 6.54 Å². The van der Waals surface area contributed by atoms with E-state index in [2.05, 4.69) is 12.2 Å². The van der Waals surface area contributed by atoms with Crippen LogP contribution in [0.2, 0.25) is 0 Å². The van der Waals surface area contributed by atoms with Crippen molar-refractivity contribution in [1.82, 2.24) is 5.32 Å². The first-order chi connectivity index (χ1) is 5.24. The molecule has 2 atom stereocenters. The minimum atomic E-state index is 0.376. The quantitative estimate of drug-likeness (QED) is 0.646. The van der Waals surface area contributed by atoms with Gasteiger partial charge in [-0.1, -0.05) is 13.8 Å². The largest absolute Gasteiger partial charge is 0.310 e. The van der Waals surface area contributed by atoms with Crippen LogP contribution in [-0.4, -0.2) is 18.9 Å². The van der Waals surface area contributed by atoms with E-state index in [4.69, 9.17) is 0 Å². The lowest BCUT2D eigenvalue weighted by Crippen LogP contribution is -2.22. The Morgan fingerprint density at radius 3 is 2.73 bits per heavy atom. The molecule has 1 rings (SSSR count). The molecule has 0 aliphatic heterocycles. The van der Waals surface area contributed by atoms with Crippen molar-refractivity contribution in [3.05, 3.63) is 0 Å². The minimum absolute atomic E-state index is 0.376. The van der Waals surface area contributed by atoms with Crippen molar-refractivity contribution in [2.45, 2.75) is 26.7 Å². The molecule has 0 aromatic carbocycles. The summed E-state index contributed by atoms with van der Waals surface area (Å²) in [5.74, 6) is 1.89. The third kappa shape index (κ3) is 3.02. The van der Waals surface area contributed by atoms with E-state index in [1.807, 2.05) is 6.92 Å². The Bertz CT molecular complexity index is 144. The first kappa shape index (κ1) is 8.72. The third-order valence-corrected chi connectivity index (χ3v) is 2.34. The lowest BCUT2D eigenvalue weighted by molar-refractivity contribution is -0.118. The van der Waals surface area contributed by atoms with Crippen molar-refractivity contribution in [2.24, 2.45) is 11.8 Å². The van der Waals surface area contributed by atoms with E-state index >= 15 is 0 Å². The van der Waals surface area contributed by atoms with Crippen LogP contribution in [-0.2, 0) is 4.79 Å². The number of carbonyl (C=O) groups excluding carboxylic acids is 1. The number of nitrogens with one attached hydrogen (secondary N) is 1. The lowest BCUT2D eigenvalue weighted by atomic mass is 10.2. The molecule has 1 aliphatic carbocycles. The molecule has 0 saturated heterocycles. The predicted octanol–water partition coefficient (Wildman–Crippen LogP) is 1.21. The van der Waals surface area contributed by atoms with Gasteiger partial charge >= 0.3 is 0 Å². The zero-order valence-corrected chi connectivity index (χ0v) is 7.39. The van der Waals surface area contributed by atoms with Crippen molar-refractivity contribution in [2.75, 3.05) is 13.1 Å². The lowest BCUT2D eigenvalue weighted by Gasteiger charge is -1.99. The van der Waals surface area contributed by atoms with Gasteiger partial charge in [0.15, 0.2) is 0 Å². The molecule has 0 amide bonds. The number of hydrogen-bond acceptors (Lipinski definition) is 2. The zero-order chi connectivity index (χ0) is 8.27. The highest BCUT2D eigenvalue weighted by Gasteiger charge is 2.33. The van der Waals surface area contributed by atoms with Crippen molar-refractivity contribution < 1.29 is 4.79 Å². The minimum Gasteiger partial charge on any atom is -0.310 e. The van der Waals surface area contributed by atoms with Gasteiger partial charge < -0.3 is 5.32 Å². The van der Waals surface area contributed by atoms with E-state index in [9.17, 15) is 4.79 Å². The number of ketones is 1. The summed E-state index contributed by atoms with van der Waals surface area (Å²) < 4.78 is 0. The summed E-state index contributed by atoms with van der Waals surface area (Å²) in [6.07, 6.45) is 2.06. The van der Waals surface area contributed by atoms with Gasteiger partial charge in [-0.15, -0.1) is 0 Å². The highest BCUT2D eigenvalue weighted by atomic mass is 16.1. The van der Waals surface area contributed by atoms with Crippen LogP contribution in [0.3, 0.4) is 0 Å². The Labute approximate surface area is 68.4 Å². The van der Waals surface area contributed by atoms with Gasteiger partial charge in [0.1, 0.15) is 5.78 Å².